The third kappa shape index (κ3) is 32.9. The van der Waals surface area contributed by atoms with Crippen molar-refractivity contribution in [2.24, 2.45) is 5.90 Å². The second kappa shape index (κ2) is 9.02. The maximum absolute atomic E-state index is 9.12. The summed E-state index contributed by atoms with van der Waals surface area (Å²) in [5.74, 6) is 2.31. The van der Waals surface area contributed by atoms with Crippen molar-refractivity contribution in [3.05, 3.63) is 0 Å². The smallest absolute Gasteiger partial charge is 0.329 e. The molecule has 0 heterocycles. The first-order valence-corrected chi connectivity index (χ1v) is 1.36. The summed E-state index contributed by atoms with van der Waals surface area (Å²) < 4.78 is 0. The zero-order valence-electron chi connectivity index (χ0n) is 3.53. The summed E-state index contributed by atoms with van der Waals surface area (Å²) in [5.41, 5.74) is 0. The molecule has 0 aromatic carbocycles. The first-order valence-electron chi connectivity index (χ1n) is 1.36. The minimum absolute atomic E-state index is 0.778. The van der Waals surface area contributed by atoms with Gasteiger partial charge >= 0.3 is 5.97 Å². The van der Waals surface area contributed by atoms with Gasteiger partial charge in [0.1, 0.15) is 6.61 Å². The second-order valence-electron chi connectivity index (χ2n) is 0.552. The lowest BCUT2D eigenvalue weighted by Gasteiger charge is -1.72. The highest BCUT2D eigenvalue weighted by Gasteiger charge is 1.82. The highest BCUT2D eigenvalue weighted by atomic mass is 16.4. The van der Waals surface area contributed by atoms with Crippen molar-refractivity contribution in [3.8, 4) is 0 Å². The molecule has 0 aliphatic heterocycles. The molecule has 0 aliphatic carbocycles. The van der Waals surface area contributed by atoms with Gasteiger partial charge in [0.2, 0.25) is 0 Å². The molecule has 0 unspecified atom stereocenters. The van der Waals surface area contributed by atoms with Crippen LogP contribution in [0.5, 0.6) is 0 Å². The van der Waals surface area contributed by atoms with Crippen LogP contribution in [0.2, 0.25) is 0 Å². The Morgan fingerprint density at radius 3 is 1.71 bits per heavy atom. The largest absolute Gasteiger partial charge is 0.480 e. The topological polar surface area (TPSA) is 104 Å². The zero-order valence-corrected chi connectivity index (χ0v) is 3.53. The van der Waals surface area contributed by atoms with Gasteiger partial charge in [-0.3, -0.25) is 0 Å². The van der Waals surface area contributed by atoms with Gasteiger partial charge in [0.05, 0.1) is 0 Å². The molecular weight excluding hydrogens is 102 g/mol. The molecule has 0 aromatic rings. The molecule has 0 saturated heterocycles. The summed E-state index contributed by atoms with van der Waals surface area (Å²) in [6.45, 7) is -0.778. The van der Waals surface area contributed by atoms with Gasteiger partial charge in [0.25, 0.3) is 0 Å². The fraction of sp³-hybridized carbons (Fsp3) is 0.500. The summed E-state index contributed by atoms with van der Waals surface area (Å²) in [5, 5.41) is 21.5. The molecule has 0 fully saturated rings. The van der Waals surface area contributed by atoms with Gasteiger partial charge in [-0.05, 0) is 0 Å². The summed E-state index contributed by atoms with van der Waals surface area (Å²) in [6.07, 6.45) is 0. The normalized spacial score (nSPS) is 6.14. The van der Waals surface area contributed by atoms with E-state index in [0.29, 0.717) is 0 Å². The number of carboxylic acid groups (broad SMARTS) is 1. The van der Waals surface area contributed by atoms with Crippen LogP contribution in [0, 0.1) is 0 Å². The summed E-state index contributed by atoms with van der Waals surface area (Å²) >= 11 is 0. The number of nitrogens with two attached hydrogens (primary N) is 1. The SMILES string of the molecule is NO.O=C(O)CO. The number of hydrogen-bond donors (Lipinski definition) is 4. The predicted molar refractivity (Wildman–Crippen MR) is 20.7 cm³/mol. The molecule has 0 aliphatic rings. The lowest BCUT2D eigenvalue weighted by Crippen LogP contribution is -1.98. The molecule has 0 bridgehead atoms. The Labute approximate surface area is 39.9 Å². The summed E-state index contributed by atoms with van der Waals surface area (Å²) in [6, 6.07) is 0. The van der Waals surface area contributed by atoms with Crippen LogP contribution in [0.1, 0.15) is 0 Å². The van der Waals surface area contributed by atoms with Crippen molar-refractivity contribution in [1.82, 2.24) is 0 Å². The number of carbonyl (C=O) groups is 1. The van der Waals surface area contributed by atoms with Gasteiger partial charge in [0, 0.05) is 0 Å². The molecule has 0 rings (SSSR count). The molecule has 0 saturated carbocycles. The Kier molecular flexibility index (Phi) is 12.4. The van der Waals surface area contributed by atoms with Gasteiger partial charge < -0.3 is 15.4 Å². The van der Waals surface area contributed by atoms with Gasteiger partial charge in [0.15, 0.2) is 0 Å². The van der Waals surface area contributed by atoms with E-state index in [1.165, 1.54) is 0 Å². The Balaban J connectivity index is 0. The lowest BCUT2D eigenvalue weighted by molar-refractivity contribution is -0.140. The number of rotatable bonds is 1. The monoisotopic (exact) mass is 109 g/mol. The van der Waals surface area contributed by atoms with Crippen LogP contribution in [-0.4, -0.2) is 28.0 Å². The number of hydrogen-bond acceptors (Lipinski definition) is 4. The zero-order chi connectivity index (χ0) is 6.28. The number of aliphatic carboxylic acids is 1. The minimum atomic E-state index is -1.19. The quantitative estimate of drug-likeness (QED) is 0.303. The predicted octanol–water partition coefficient (Wildman–Crippen LogP) is -1.60. The van der Waals surface area contributed by atoms with E-state index in [4.69, 9.17) is 20.2 Å². The molecule has 5 nitrogen and oxygen atoms in total. The van der Waals surface area contributed by atoms with E-state index in [0.717, 1.165) is 0 Å². The number of aliphatic hydroxyl groups is 1. The Bertz CT molecular complexity index is 45.0. The van der Waals surface area contributed by atoms with Crippen molar-refractivity contribution in [1.29, 1.82) is 0 Å². The van der Waals surface area contributed by atoms with Crippen LogP contribution < -0.4 is 5.90 Å². The van der Waals surface area contributed by atoms with Crippen LogP contribution in [0.25, 0.3) is 0 Å². The first-order chi connectivity index (χ1) is 3.27. The highest BCUT2D eigenvalue weighted by molar-refractivity contribution is 5.67. The molecule has 44 valence electrons. The molecule has 0 amide bonds. The van der Waals surface area contributed by atoms with Crippen LogP contribution in [0.15, 0.2) is 0 Å². The third-order valence-electron chi connectivity index (χ3n) is 0.135. The van der Waals surface area contributed by atoms with Crippen LogP contribution in [0.4, 0.5) is 0 Å². The molecule has 0 atom stereocenters. The maximum Gasteiger partial charge on any atom is 0.329 e. The maximum atomic E-state index is 9.12. The van der Waals surface area contributed by atoms with Crippen molar-refractivity contribution in [2.45, 2.75) is 0 Å². The van der Waals surface area contributed by atoms with E-state index >= 15 is 0 Å². The van der Waals surface area contributed by atoms with E-state index in [9.17, 15) is 0 Å². The van der Waals surface area contributed by atoms with Crippen molar-refractivity contribution >= 4 is 5.97 Å². The standard InChI is InChI=1S/C2H4O3.H3NO/c3-1-2(4)5;1-2/h3H,1H2,(H,4,5);2H,1H2. The summed E-state index contributed by atoms with van der Waals surface area (Å²) in [4.78, 5) is 9.12. The minimum Gasteiger partial charge on any atom is -0.480 e. The fourth-order valence-electron chi connectivity index (χ4n) is 0. The molecule has 0 radical (unpaired) electrons. The van der Waals surface area contributed by atoms with Gasteiger partial charge in [-0.25, -0.2) is 10.7 Å². The Hall–Kier alpha value is -0.650. The molecule has 0 spiro atoms. The van der Waals surface area contributed by atoms with E-state index < -0.39 is 12.6 Å². The molecule has 5 heteroatoms. The Morgan fingerprint density at radius 1 is 1.57 bits per heavy atom. The van der Waals surface area contributed by atoms with Crippen molar-refractivity contribution in [2.75, 3.05) is 6.61 Å². The van der Waals surface area contributed by atoms with Crippen LogP contribution in [-0.2, 0) is 4.79 Å². The van der Waals surface area contributed by atoms with Gasteiger partial charge in [-0.2, -0.15) is 0 Å². The molecule has 0 aromatic heterocycles. The van der Waals surface area contributed by atoms with Gasteiger partial charge in [-0.1, -0.05) is 0 Å². The highest BCUT2D eigenvalue weighted by Crippen LogP contribution is 1.48. The average Bonchev–Trinajstić information content (AvgIpc) is 1.73. The fourth-order valence-corrected chi connectivity index (χ4v) is 0. The molecule has 5 N–H and O–H groups in total. The van der Waals surface area contributed by atoms with Gasteiger partial charge in [-0.15, -0.1) is 0 Å². The van der Waals surface area contributed by atoms with Crippen molar-refractivity contribution in [3.63, 3.8) is 0 Å². The average molecular weight is 109 g/mol. The van der Waals surface area contributed by atoms with E-state index in [1.807, 2.05) is 0 Å². The van der Waals surface area contributed by atoms with Crippen LogP contribution in [0.3, 0.4) is 0 Å². The van der Waals surface area contributed by atoms with Crippen LogP contribution >= 0.6 is 0 Å². The molecule has 7 heavy (non-hydrogen) atoms. The number of carboxylic acids is 1. The van der Waals surface area contributed by atoms with E-state index in [-0.39, 0.29) is 0 Å². The third-order valence-corrected chi connectivity index (χ3v) is 0.135. The second-order valence-corrected chi connectivity index (χ2v) is 0.552. The first kappa shape index (κ1) is 9.61. The lowest BCUT2D eigenvalue weighted by atomic mass is 10.8. The molecular formula is C2H7NO4. The Morgan fingerprint density at radius 2 is 1.71 bits per heavy atom. The van der Waals surface area contributed by atoms with Crippen molar-refractivity contribution < 1.29 is 20.2 Å². The van der Waals surface area contributed by atoms with E-state index in [2.05, 4.69) is 5.90 Å². The summed E-state index contributed by atoms with van der Waals surface area (Å²) in [7, 11) is 0. The van der Waals surface area contributed by atoms with E-state index in [1.54, 1.807) is 0 Å². The number of aliphatic hydroxyl groups excluding tert-OH is 1.